The highest BCUT2D eigenvalue weighted by Gasteiger charge is 2.21. The van der Waals surface area contributed by atoms with E-state index in [-0.39, 0.29) is 27.7 Å². The lowest BCUT2D eigenvalue weighted by Gasteiger charge is -2.19. The molecule has 0 fully saturated rings. The summed E-state index contributed by atoms with van der Waals surface area (Å²) in [5, 5.41) is 13.0. The first-order chi connectivity index (χ1) is 15.7. The summed E-state index contributed by atoms with van der Waals surface area (Å²) < 4.78 is 19.9. The van der Waals surface area contributed by atoms with Crippen LogP contribution in [-0.2, 0) is 0 Å². The largest absolute Gasteiger partial charge is 0.476 e. The molecule has 0 radical (unpaired) electrons. The molecule has 0 bridgehead atoms. The Kier molecular flexibility index (Phi) is 5.86. The van der Waals surface area contributed by atoms with Crippen LogP contribution in [0.25, 0.3) is 22.3 Å². The number of aryl methyl sites for hydroxylation is 1. The van der Waals surface area contributed by atoms with Crippen LogP contribution in [0.5, 0.6) is 0 Å². The van der Waals surface area contributed by atoms with E-state index in [1.54, 1.807) is 19.9 Å². The fraction of sp³-hybridized carbons (Fsp3) is 0.167. The van der Waals surface area contributed by atoms with Gasteiger partial charge >= 0.3 is 5.97 Å². The molecule has 4 aromatic rings. The topological polar surface area (TPSA) is 105 Å². The third-order valence-electron chi connectivity index (χ3n) is 5.26. The maximum absolute atomic E-state index is 13.8. The van der Waals surface area contributed by atoms with Crippen LogP contribution in [0, 0.1) is 19.7 Å². The maximum atomic E-state index is 13.8. The van der Waals surface area contributed by atoms with Crippen molar-refractivity contribution in [2.45, 2.75) is 26.8 Å². The van der Waals surface area contributed by atoms with Gasteiger partial charge in [-0.2, -0.15) is 0 Å². The molecule has 3 heterocycles. The summed E-state index contributed by atoms with van der Waals surface area (Å²) in [4.78, 5) is 32.5. The van der Waals surface area contributed by atoms with Crippen molar-refractivity contribution in [3.05, 3.63) is 86.3 Å². The Hall–Kier alpha value is -3.78. The molecule has 1 unspecified atom stereocenters. The van der Waals surface area contributed by atoms with Crippen molar-refractivity contribution in [1.82, 2.24) is 9.97 Å². The van der Waals surface area contributed by atoms with E-state index in [1.807, 2.05) is 13.0 Å². The second kappa shape index (κ2) is 8.63. The minimum absolute atomic E-state index is 0.0569. The summed E-state index contributed by atoms with van der Waals surface area (Å²) in [6.07, 6.45) is 2.49. The van der Waals surface area contributed by atoms with Crippen molar-refractivity contribution in [3.63, 3.8) is 0 Å². The Morgan fingerprint density at radius 3 is 2.67 bits per heavy atom. The van der Waals surface area contributed by atoms with Crippen LogP contribution in [-0.4, -0.2) is 21.0 Å². The smallest absolute Gasteiger partial charge is 0.356 e. The number of fused-ring (bicyclic) bond motifs is 1. The van der Waals surface area contributed by atoms with Gasteiger partial charge in [0.25, 0.3) is 0 Å². The van der Waals surface area contributed by atoms with Crippen molar-refractivity contribution < 1.29 is 18.7 Å². The second-order valence-electron chi connectivity index (χ2n) is 7.71. The van der Waals surface area contributed by atoms with Gasteiger partial charge in [0, 0.05) is 22.9 Å². The van der Waals surface area contributed by atoms with Crippen molar-refractivity contribution in [3.8, 4) is 11.3 Å². The average Bonchev–Trinajstić information content (AvgIpc) is 2.77. The lowest BCUT2D eigenvalue weighted by molar-refractivity contribution is 0.0691. The molecule has 33 heavy (non-hydrogen) atoms. The maximum Gasteiger partial charge on any atom is 0.356 e. The van der Waals surface area contributed by atoms with Crippen LogP contribution in [0.15, 0.2) is 51.9 Å². The van der Waals surface area contributed by atoms with Gasteiger partial charge in [-0.15, -0.1) is 0 Å². The predicted octanol–water partition coefficient (Wildman–Crippen LogP) is 5.53. The first-order valence-electron chi connectivity index (χ1n) is 10.0. The van der Waals surface area contributed by atoms with E-state index in [4.69, 9.17) is 16.0 Å². The number of pyridine rings is 2. The van der Waals surface area contributed by atoms with E-state index in [0.29, 0.717) is 27.7 Å². The lowest BCUT2D eigenvalue weighted by Crippen LogP contribution is -2.14. The first-order valence-corrected chi connectivity index (χ1v) is 10.4. The number of aromatic carboxylic acids is 1. The fourth-order valence-electron chi connectivity index (χ4n) is 3.73. The zero-order valence-corrected chi connectivity index (χ0v) is 18.7. The molecule has 0 amide bonds. The number of nitrogens with one attached hydrogen (secondary N) is 1. The van der Waals surface area contributed by atoms with Crippen LogP contribution in [0.1, 0.15) is 40.1 Å². The van der Waals surface area contributed by atoms with Crippen LogP contribution >= 0.6 is 11.6 Å². The number of halogens is 2. The van der Waals surface area contributed by atoms with E-state index in [2.05, 4.69) is 15.3 Å². The molecule has 0 spiro atoms. The molecule has 1 atom stereocenters. The number of aromatic nitrogens is 2. The van der Waals surface area contributed by atoms with Gasteiger partial charge in [-0.25, -0.2) is 14.2 Å². The number of carboxylic acids is 1. The fourth-order valence-corrected chi connectivity index (χ4v) is 3.87. The van der Waals surface area contributed by atoms with Crippen molar-refractivity contribution in [1.29, 1.82) is 0 Å². The predicted molar refractivity (Wildman–Crippen MR) is 123 cm³/mol. The van der Waals surface area contributed by atoms with Gasteiger partial charge < -0.3 is 14.8 Å². The Labute approximate surface area is 192 Å². The molecule has 3 aromatic heterocycles. The van der Waals surface area contributed by atoms with Crippen molar-refractivity contribution >= 4 is 34.2 Å². The van der Waals surface area contributed by atoms with E-state index in [0.717, 1.165) is 11.8 Å². The number of carbonyl (C=O) groups is 1. The SMILES string of the molecule is Cc1cc(C(C)Nc2ccc(Cl)nc2C(=O)O)c2oc(-c3cncc(F)c3)c(C)c(=O)c2c1. The standard InChI is InChI=1S/C24H19ClFN3O4/c1-11-6-16(13(3)28-18-4-5-19(25)29-20(18)24(31)32)23-17(7-11)21(30)12(2)22(33-23)14-8-15(26)10-27-9-14/h4-10,13,28H,1-3H3,(H,31,32). The molecule has 4 rings (SSSR count). The average molecular weight is 468 g/mol. The molecule has 2 N–H and O–H groups in total. The molecule has 0 aliphatic carbocycles. The van der Waals surface area contributed by atoms with Gasteiger partial charge in [0.1, 0.15) is 22.3 Å². The van der Waals surface area contributed by atoms with E-state index in [1.165, 1.54) is 24.4 Å². The summed E-state index contributed by atoms with van der Waals surface area (Å²) in [6.45, 7) is 5.27. The molecular formula is C24H19ClFN3O4. The molecule has 0 saturated heterocycles. The number of anilines is 1. The number of hydrogen-bond donors (Lipinski definition) is 2. The summed E-state index contributed by atoms with van der Waals surface area (Å²) >= 11 is 5.85. The molecule has 7 nitrogen and oxygen atoms in total. The molecule has 168 valence electrons. The van der Waals surface area contributed by atoms with Crippen LogP contribution in [0.3, 0.4) is 0 Å². The third kappa shape index (κ3) is 4.29. The molecule has 0 aliphatic rings. The number of hydrogen-bond acceptors (Lipinski definition) is 6. The van der Waals surface area contributed by atoms with Gasteiger partial charge in [-0.3, -0.25) is 9.78 Å². The number of carboxylic acid groups (broad SMARTS) is 1. The highest BCUT2D eigenvalue weighted by molar-refractivity contribution is 6.29. The van der Waals surface area contributed by atoms with Gasteiger partial charge in [0.15, 0.2) is 11.1 Å². The molecule has 1 aromatic carbocycles. The molecule has 9 heteroatoms. The molecule has 0 aliphatic heterocycles. The zero-order chi connectivity index (χ0) is 23.9. The zero-order valence-electron chi connectivity index (χ0n) is 17.9. The summed E-state index contributed by atoms with van der Waals surface area (Å²) in [7, 11) is 0. The van der Waals surface area contributed by atoms with Gasteiger partial charge in [-0.1, -0.05) is 17.7 Å². The Morgan fingerprint density at radius 2 is 1.97 bits per heavy atom. The van der Waals surface area contributed by atoms with Crippen LogP contribution in [0.4, 0.5) is 10.1 Å². The third-order valence-corrected chi connectivity index (χ3v) is 5.47. The Balaban J connectivity index is 1.89. The van der Waals surface area contributed by atoms with Crippen molar-refractivity contribution in [2.75, 3.05) is 5.32 Å². The van der Waals surface area contributed by atoms with Gasteiger partial charge in [0.05, 0.1) is 23.3 Å². The van der Waals surface area contributed by atoms with Gasteiger partial charge in [-0.05, 0) is 50.6 Å². The highest BCUT2D eigenvalue weighted by Crippen LogP contribution is 2.32. The van der Waals surface area contributed by atoms with Gasteiger partial charge in [0.2, 0.25) is 0 Å². The van der Waals surface area contributed by atoms with E-state index >= 15 is 0 Å². The Morgan fingerprint density at radius 1 is 1.21 bits per heavy atom. The van der Waals surface area contributed by atoms with Crippen LogP contribution < -0.4 is 10.7 Å². The second-order valence-corrected chi connectivity index (χ2v) is 8.10. The highest BCUT2D eigenvalue weighted by atomic mass is 35.5. The van der Waals surface area contributed by atoms with Crippen LogP contribution in [0.2, 0.25) is 5.15 Å². The number of rotatable bonds is 5. The quantitative estimate of drug-likeness (QED) is 0.372. The minimum Gasteiger partial charge on any atom is -0.476 e. The van der Waals surface area contributed by atoms with E-state index < -0.39 is 17.8 Å². The molecule has 0 saturated carbocycles. The summed E-state index contributed by atoms with van der Waals surface area (Å²) in [5.74, 6) is -1.56. The molecular weight excluding hydrogens is 449 g/mol. The lowest BCUT2D eigenvalue weighted by atomic mass is 9.99. The Bertz CT molecular complexity index is 1470. The van der Waals surface area contributed by atoms with Crippen molar-refractivity contribution in [2.24, 2.45) is 0 Å². The first kappa shape index (κ1) is 22.4. The summed E-state index contributed by atoms with van der Waals surface area (Å²) in [6, 6.07) is 7.35. The van der Waals surface area contributed by atoms with E-state index in [9.17, 15) is 19.1 Å². The number of nitrogens with zero attached hydrogens (tertiary/aromatic N) is 2. The monoisotopic (exact) mass is 467 g/mol. The summed E-state index contributed by atoms with van der Waals surface area (Å²) in [5.41, 5.74) is 2.23. The number of benzene rings is 1. The normalized spacial score (nSPS) is 12.0. The minimum atomic E-state index is -1.23.